The third-order valence-corrected chi connectivity index (χ3v) is 0.708. The summed E-state index contributed by atoms with van der Waals surface area (Å²) in [5.74, 6) is 0. The Labute approximate surface area is 55.4 Å². The molecule has 10 heavy (non-hydrogen) atoms. The minimum Gasteiger partial charge on any atom is -0.352 e. The number of hydrogen-bond donors (Lipinski definition) is 2. The van der Waals surface area contributed by atoms with E-state index in [2.05, 4.69) is 5.73 Å². The summed E-state index contributed by atoms with van der Waals surface area (Å²) in [5, 5.41) is 1.82. The molecule has 2 amide bonds. The molecule has 0 aromatic carbocycles. The second kappa shape index (κ2) is 3.28. The smallest absolute Gasteiger partial charge is 0.352 e. The van der Waals surface area contributed by atoms with Gasteiger partial charge >= 0.3 is 12.2 Å². The molecule has 6 heteroatoms. The molecule has 3 N–H and O–H groups in total. The lowest BCUT2D eigenvalue weighted by Gasteiger charge is -2.04. The molecule has 0 aliphatic carbocycles. The van der Waals surface area contributed by atoms with Crippen LogP contribution in [0.5, 0.6) is 0 Å². The molecule has 0 radical (unpaired) electrons. The predicted octanol–water partition coefficient (Wildman–Crippen LogP) is 0.607. The SMILES string of the molecule is NC(=O)NCCC(F)(F)F. The van der Waals surface area contributed by atoms with Crippen molar-refractivity contribution in [1.82, 2.24) is 5.32 Å². The first-order valence-corrected chi connectivity index (χ1v) is 2.52. The standard InChI is InChI=1S/C4H7F3N2O/c5-4(6,7)1-2-9-3(8)10/h1-2H2,(H3,8,9,10). The molecule has 0 aromatic rings. The van der Waals surface area contributed by atoms with Gasteiger partial charge in [-0.25, -0.2) is 4.79 Å². The quantitative estimate of drug-likeness (QED) is 0.604. The topological polar surface area (TPSA) is 55.1 Å². The van der Waals surface area contributed by atoms with E-state index in [1.165, 1.54) is 0 Å². The van der Waals surface area contributed by atoms with E-state index in [0.29, 0.717) is 0 Å². The molecule has 60 valence electrons. The van der Waals surface area contributed by atoms with E-state index in [0.717, 1.165) is 0 Å². The minimum absolute atomic E-state index is 0.459. The maximum Gasteiger partial charge on any atom is 0.390 e. The lowest BCUT2D eigenvalue weighted by Crippen LogP contribution is -2.32. The molecular formula is C4H7F3N2O. The number of hydrogen-bond acceptors (Lipinski definition) is 1. The Balaban J connectivity index is 3.29. The molecule has 3 nitrogen and oxygen atoms in total. The van der Waals surface area contributed by atoms with Crippen molar-refractivity contribution < 1.29 is 18.0 Å². The Kier molecular flexibility index (Phi) is 2.98. The Hall–Kier alpha value is -0.940. The summed E-state index contributed by atoms with van der Waals surface area (Å²) in [5.41, 5.74) is 4.50. The van der Waals surface area contributed by atoms with Crippen molar-refractivity contribution >= 4 is 6.03 Å². The van der Waals surface area contributed by atoms with Gasteiger partial charge in [0.25, 0.3) is 0 Å². The van der Waals surface area contributed by atoms with Gasteiger partial charge in [-0.1, -0.05) is 0 Å². The first-order valence-electron chi connectivity index (χ1n) is 2.52. The molecule has 0 saturated carbocycles. The second-order valence-corrected chi connectivity index (χ2v) is 1.66. The Bertz CT molecular complexity index is 122. The summed E-state index contributed by atoms with van der Waals surface area (Å²) >= 11 is 0. The lowest BCUT2D eigenvalue weighted by atomic mass is 10.4. The van der Waals surface area contributed by atoms with Crippen LogP contribution in [0, 0.1) is 0 Å². The van der Waals surface area contributed by atoms with Gasteiger partial charge in [0.1, 0.15) is 0 Å². The van der Waals surface area contributed by atoms with Crippen molar-refractivity contribution in [2.45, 2.75) is 12.6 Å². The summed E-state index contributed by atoms with van der Waals surface area (Å²) in [6.07, 6.45) is -5.28. The van der Waals surface area contributed by atoms with Crippen LogP contribution in [0.2, 0.25) is 0 Å². The summed E-state index contributed by atoms with van der Waals surface area (Å²) in [6, 6.07) is -0.941. The minimum atomic E-state index is -4.23. The van der Waals surface area contributed by atoms with Gasteiger partial charge < -0.3 is 11.1 Å². The number of nitrogens with one attached hydrogen (secondary N) is 1. The van der Waals surface area contributed by atoms with Gasteiger partial charge in [0.2, 0.25) is 0 Å². The average molecular weight is 156 g/mol. The van der Waals surface area contributed by atoms with E-state index in [1.807, 2.05) is 5.32 Å². The van der Waals surface area contributed by atoms with Crippen LogP contribution in [-0.2, 0) is 0 Å². The maximum atomic E-state index is 11.3. The van der Waals surface area contributed by atoms with Crippen LogP contribution < -0.4 is 11.1 Å². The van der Waals surface area contributed by atoms with Crippen LogP contribution in [-0.4, -0.2) is 18.8 Å². The number of primary amides is 1. The number of alkyl halides is 3. The Morgan fingerprint density at radius 2 is 2.00 bits per heavy atom. The van der Waals surface area contributed by atoms with Gasteiger partial charge in [-0.3, -0.25) is 0 Å². The molecule has 0 aliphatic heterocycles. The normalized spacial score (nSPS) is 11.1. The van der Waals surface area contributed by atoms with Crippen LogP contribution in [0.15, 0.2) is 0 Å². The monoisotopic (exact) mass is 156 g/mol. The van der Waals surface area contributed by atoms with Crippen molar-refractivity contribution in [3.8, 4) is 0 Å². The lowest BCUT2D eigenvalue weighted by molar-refractivity contribution is -0.132. The van der Waals surface area contributed by atoms with E-state index in [1.54, 1.807) is 0 Å². The zero-order chi connectivity index (χ0) is 8.20. The largest absolute Gasteiger partial charge is 0.390 e. The summed E-state index contributed by atoms with van der Waals surface area (Å²) in [7, 11) is 0. The van der Waals surface area contributed by atoms with Gasteiger partial charge in [-0.15, -0.1) is 0 Å². The first-order chi connectivity index (χ1) is 4.42. The Morgan fingerprint density at radius 3 is 2.30 bits per heavy atom. The molecule has 0 saturated heterocycles. The third-order valence-electron chi connectivity index (χ3n) is 0.708. The van der Waals surface area contributed by atoms with Gasteiger partial charge in [0, 0.05) is 6.54 Å². The number of urea groups is 1. The van der Waals surface area contributed by atoms with Crippen LogP contribution >= 0.6 is 0 Å². The van der Waals surface area contributed by atoms with Crippen molar-refractivity contribution in [3.63, 3.8) is 0 Å². The fraction of sp³-hybridized carbons (Fsp3) is 0.750. The highest BCUT2D eigenvalue weighted by Gasteiger charge is 2.26. The Morgan fingerprint density at radius 1 is 1.50 bits per heavy atom. The molecule has 0 spiro atoms. The number of carbonyl (C=O) groups excluding carboxylic acids is 1. The van der Waals surface area contributed by atoms with Crippen LogP contribution in [0.25, 0.3) is 0 Å². The highest BCUT2D eigenvalue weighted by molar-refractivity contribution is 5.71. The highest BCUT2D eigenvalue weighted by Crippen LogP contribution is 2.17. The summed E-state index contributed by atoms with van der Waals surface area (Å²) in [6.45, 7) is -0.459. The summed E-state index contributed by atoms with van der Waals surface area (Å²) < 4.78 is 33.9. The van der Waals surface area contributed by atoms with Crippen molar-refractivity contribution in [2.24, 2.45) is 5.73 Å². The van der Waals surface area contributed by atoms with Crippen LogP contribution in [0.1, 0.15) is 6.42 Å². The van der Waals surface area contributed by atoms with Gasteiger partial charge in [-0.05, 0) is 0 Å². The molecule has 0 heterocycles. The number of rotatable bonds is 2. The number of halogens is 3. The molecular weight excluding hydrogens is 149 g/mol. The third kappa shape index (κ3) is 7.06. The van der Waals surface area contributed by atoms with Gasteiger partial charge in [0.15, 0.2) is 0 Å². The number of amides is 2. The van der Waals surface area contributed by atoms with E-state index in [4.69, 9.17) is 0 Å². The van der Waals surface area contributed by atoms with Gasteiger partial charge in [0.05, 0.1) is 6.42 Å². The van der Waals surface area contributed by atoms with Crippen molar-refractivity contribution in [1.29, 1.82) is 0 Å². The van der Waals surface area contributed by atoms with E-state index >= 15 is 0 Å². The number of carbonyl (C=O) groups is 1. The maximum absolute atomic E-state index is 11.3. The zero-order valence-corrected chi connectivity index (χ0v) is 5.03. The predicted molar refractivity (Wildman–Crippen MR) is 28.3 cm³/mol. The molecule has 0 unspecified atom stereocenters. The molecule has 0 aromatic heterocycles. The van der Waals surface area contributed by atoms with E-state index in [9.17, 15) is 18.0 Å². The molecule has 0 bridgehead atoms. The zero-order valence-electron chi connectivity index (χ0n) is 5.03. The van der Waals surface area contributed by atoms with Crippen molar-refractivity contribution in [2.75, 3.05) is 6.54 Å². The molecule has 0 fully saturated rings. The van der Waals surface area contributed by atoms with Crippen molar-refractivity contribution in [3.05, 3.63) is 0 Å². The summed E-state index contributed by atoms with van der Waals surface area (Å²) in [4.78, 5) is 9.83. The highest BCUT2D eigenvalue weighted by atomic mass is 19.4. The fourth-order valence-electron chi connectivity index (χ4n) is 0.327. The van der Waals surface area contributed by atoms with E-state index in [-0.39, 0.29) is 0 Å². The second-order valence-electron chi connectivity index (χ2n) is 1.66. The molecule has 0 rings (SSSR count). The molecule has 0 aliphatic rings. The van der Waals surface area contributed by atoms with E-state index < -0.39 is 25.2 Å². The average Bonchev–Trinajstić information content (AvgIpc) is 1.59. The molecule has 0 atom stereocenters. The van der Waals surface area contributed by atoms with Gasteiger partial charge in [-0.2, -0.15) is 13.2 Å². The van der Waals surface area contributed by atoms with Crippen LogP contribution in [0.3, 0.4) is 0 Å². The number of nitrogens with two attached hydrogens (primary N) is 1. The fourth-order valence-corrected chi connectivity index (χ4v) is 0.327. The van der Waals surface area contributed by atoms with Crippen LogP contribution in [0.4, 0.5) is 18.0 Å². The first kappa shape index (κ1) is 9.06.